The van der Waals surface area contributed by atoms with Crippen LogP contribution in [0.4, 0.5) is 0 Å². The molecule has 18 heavy (non-hydrogen) atoms. The summed E-state index contributed by atoms with van der Waals surface area (Å²) < 4.78 is 0. The minimum atomic E-state index is 0.187. The van der Waals surface area contributed by atoms with Crippen molar-refractivity contribution in [2.45, 2.75) is 64.5 Å². The van der Waals surface area contributed by atoms with Crippen LogP contribution in [0, 0.1) is 18.8 Å². The van der Waals surface area contributed by atoms with Gasteiger partial charge in [0.1, 0.15) is 5.01 Å². The molecule has 0 radical (unpaired) electrons. The zero-order valence-corrected chi connectivity index (χ0v) is 12.5. The van der Waals surface area contributed by atoms with Crippen LogP contribution in [0.2, 0.25) is 0 Å². The highest BCUT2D eigenvalue weighted by molar-refractivity contribution is 7.09. The Morgan fingerprint density at radius 1 is 1.28 bits per heavy atom. The Hall–Kier alpha value is -0.410. The normalized spacial score (nSPS) is 36.8. The summed E-state index contributed by atoms with van der Waals surface area (Å²) in [5.41, 5.74) is 1.37. The number of nitrogens with zero attached hydrogens (tertiary/aromatic N) is 1. The molecule has 3 unspecified atom stereocenters. The maximum atomic E-state index is 4.80. The summed E-state index contributed by atoms with van der Waals surface area (Å²) in [5, 5.41) is 7.48. The standard InChI is InChI=1S/C15H24N2S/c1-10-6-7-15(8-11(10)2,17-13-4-5-13)14-16-12(3)9-18-14/h9-11,13,17H,4-8H2,1-3H3. The molecule has 0 saturated heterocycles. The van der Waals surface area contributed by atoms with E-state index in [0.29, 0.717) is 0 Å². The van der Waals surface area contributed by atoms with Crippen molar-refractivity contribution in [1.82, 2.24) is 10.3 Å². The third kappa shape index (κ3) is 2.35. The predicted molar refractivity (Wildman–Crippen MR) is 76.9 cm³/mol. The van der Waals surface area contributed by atoms with Gasteiger partial charge in [0.05, 0.1) is 5.54 Å². The second-order valence-corrected chi connectivity index (χ2v) is 7.35. The van der Waals surface area contributed by atoms with Crippen LogP contribution >= 0.6 is 11.3 Å². The number of nitrogens with one attached hydrogen (secondary N) is 1. The van der Waals surface area contributed by atoms with Gasteiger partial charge in [-0.05, 0) is 50.9 Å². The van der Waals surface area contributed by atoms with E-state index in [1.54, 1.807) is 0 Å². The van der Waals surface area contributed by atoms with Crippen molar-refractivity contribution in [3.8, 4) is 0 Å². The first-order chi connectivity index (χ1) is 8.59. The molecule has 3 rings (SSSR count). The van der Waals surface area contributed by atoms with Gasteiger partial charge in [-0.25, -0.2) is 4.98 Å². The fraction of sp³-hybridized carbons (Fsp3) is 0.800. The molecule has 1 heterocycles. The molecule has 0 bridgehead atoms. The van der Waals surface area contributed by atoms with E-state index in [1.165, 1.54) is 42.8 Å². The Labute approximate surface area is 114 Å². The lowest BCUT2D eigenvalue weighted by Crippen LogP contribution is -2.48. The summed E-state index contributed by atoms with van der Waals surface area (Å²) in [6.45, 7) is 6.92. The Balaban J connectivity index is 1.88. The Kier molecular flexibility index (Phi) is 3.23. The first-order valence-corrected chi connectivity index (χ1v) is 8.17. The summed E-state index contributed by atoms with van der Waals surface area (Å²) in [5.74, 6) is 1.66. The molecule has 0 aliphatic heterocycles. The topological polar surface area (TPSA) is 24.9 Å². The van der Waals surface area contributed by atoms with Gasteiger partial charge in [-0.3, -0.25) is 0 Å². The molecule has 1 aromatic rings. The Morgan fingerprint density at radius 2 is 2.06 bits per heavy atom. The average Bonchev–Trinajstić information content (AvgIpc) is 3.03. The molecule has 2 saturated carbocycles. The molecule has 1 aromatic heterocycles. The first-order valence-electron chi connectivity index (χ1n) is 7.29. The predicted octanol–water partition coefficient (Wildman–Crippen LogP) is 3.85. The third-order valence-corrected chi connectivity index (χ3v) is 5.92. The lowest BCUT2D eigenvalue weighted by Gasteiger charge is -2.42. The van der Waals surface area contributed by atoms with Crippen molar-refractivity contribution in [3.05, 3.63) is 16.1 Å². The molecular weight excluding hydrogens is 240 g/mol. The van der Waals surface area contributed by atoms with Gasteiger partial charge < -0.3 is 5.32 Å². The molecule has 0 spiro atoms. The second kappa shape index (κ2) is 4.61. The molecule has 3 atom stereocenters. The monoisotopic (exact) mass is 264 g/mol. The van der Waals surface area contributed by atoms with E-state index < -0.39 is 0 Å². The van der Waals surface area contributed by atoms with E-state index in [9.17, 15) is 0 Å². The lowest BCUT2D eigenvalue weighted by molar-refractivity contribution is 0.138. The van der Waals surface area contributed by atoms with E-state index in [2.05, 4.69) is 31.5 Å². The van der Waals surface area contributed by atoms with Gasteiger partial charge in [-0.1, -0.05) is 13.8 Å². The van der Waals surface area contributed by atoms with Gasteiger partial charge in [0.15, 0.2) is 0 Å². The van der Waals surface area contributed by atoms with Crippen molar-refractivity contribution in [3.63, 3.8) is 0 Å². The van der Waals surface area contributed by atoms with Crippen LogP contribution in [-0.2, 0) is 5.54 Å². The molecule has 0 amide bonds. The van der Waals surface area contributed by atoms with Crippen LogP contribution in [0.25, 0.3) is 0 Å². The molecule has 1 N–H and O–H groups in total. The highest BCUT2D eigenvalue weighted by Gasteiger charge is 2.44. The molecule has 0 aromatic carbocycles. The largest absolute Gasteiger partial charge is 0.303 e. The summed E-state index contributed by atoms with van der Waals surface area (Å²) in [6.07, 6.45) is 6.57. The second-order valence-electron chi connectivity index (χ2n) is 6.49. The number of hydrogen-bond acceptors (Lipinski definition) is 3. The highest BCUT2D eigenvalue weighted by atomic mass is 32.1. The molecular formula is C15H24N2S. The van der Waals surface area contributed by atoms with Crippen molar-refractivity contribution in [2.75, 3.05) is 0 Å². The SMILES string of the molecule is Cc1csc(C2(NC3CC3)CCC(C)C(C)C2)n1. The maximum absolute atomic E-state index is 4.80. The quantitative estimate of drug-likeness (QED) is 0.897. The lowest BCUT2D eigenvalue weighted by atomic mass is 9.71. The third-order valence-electron chi connectivity index (χ3n) is 4.75. The zero-order chi connectivity index (χ0) is 12.8. The number of aryl methyl sites for hydroxylation is 1. The minimum Gasteiger partial charge on any atom is -0.303 e. The fourth-order valence-corrected chi connectivity index (χ4v) is 4.19. The fourth-order valence-electron chi connectivity index (χ4n) is 3.19. The first kappa shape index (κ1) is 12.6. The highest BCUT2D eigenvalue weighted by Crippen LogP contribution is 2.45. The van der Waals surface area contributed by atoms with E-state index in [-0.39, 0.29) is 5.54 Å². The average molecular weight is 264 g/mol. The number of aromatic nitrogens is 1. The van der Waals surface area contributed by atoms with Gasteiger partial charge in [0.25, 0.3) is 0 Å². The van der Waals surface area contributed by atoms with E-state index >= 15 is 0 Å². The van der Waals surface area contributed by atoms with Crippen LogP contribution in [-0.4, -0.2) is 11.0 Å². The van der Waals surface area contributed by atoms with E-state index in [0.717, 1.165) is 17.9 Å². The zero-order valence-electron chi connectivity index (χ0n) is 11.7. The smallest absolute Gasteiger partial charge is 0.113 e. The van der Waals surface area contributed by atoms with E-state index in [4.69, 9.17) is 4.98 Å². The van der Waals surface area contributed by atoms with Crippen LogP contribution in [0.5, 0.6) is 0 Å². The van der Waals surface area contributed by atoms with Crippen LogP contribution in [0.15, 0.2) is 5.38 Å². The van der Waals surface area contributed by atoms with Gasteiger partial charge in [0, 0.05) is 17.1 Å². The van der Waals surface area contributed by atoms with Crippen molar-refractivity contribution in [2.24, 2.45) is 11.8 Å². The molecule has 2 nitrogen and oxygen atoms in total. The number of hydrogen-bond donors (Lipinski definition) is 1. The summed E-state index contributed by atoms with van der Waals surface area (Å²) in [6, 6.07) is 0.759. The molecule has 2 aliphatic carbocycles. The minimum absolute atomic E-state index is 0.187. The van der Waals surface area contributed by atoms with Crippen LogP contribution in [0.3, 0.4) is 0 Å². The molecule has 2 aliphatic rings. The van der Waals surface area contributed by atoms with Crippen molar-refractivity contribution in [1.29, 1.82) is 0 Å². The van der Waals surface area contributed by atoms with Crippen molar-refractivity contribution >= 4 is 11.3 Å². The van der Waals surface area contributed by atoms with Crippen LogP contribution in [0.1, 0.15) is 56.7 Å². The van der Waals surface area contributed by atoms with Gasteiger partial charge in [-0.2, -0.15) is 0 Å². The van der Waals surface area contributed by atoms with Crippen molar-refractivity contribution < 1.29 is 0 Å². The summed E-state index contributed by atoms with van der Waals surface area (Å²) in [7, 11) is 0. The van der Waals surface area contributed by atoms with Gasteiger partial charge in [-0.15, -0.1) is 11.3 Å². The van der Waals surface area contributed by atoms with Crippen LogP contribution < -0.4 is 5.32 Å². The Bertz CT molecular complexity index is 424. The molecule has 100 valence electrons. The molecule has 2 fully saturated rings. The van der Waals surface area contributed by atoms with Gasteiger partial charge >= 0.3 is 0 Å². The number of rotatable bonds is 3. The summed E-state index contributed by atoms with van der Waals surface area (Å²) in [4.78, 5) is 4.80. The number of thiazole rings is 1. The maximum Gasteiger partial charge on any atom is 0.113 e. The van der Waals surface area contributed by atoms with Gasteiger partial charge in [0.2, 0.25) is 0 Å². The van der Waals surface area contributed by atoms with E-state index in [1.807, 2.05) is 11.3 Å². The summed E-state index contributed by atoms with van der Waals surface area (Å²) >= 11 is 1.85. The molecule has 3 heteroatoms. The Morgan fingerprint density at radius 3 is 2.61 bits per heavy atom.